The molecule has 106 valence electrons. The van der Waals surface area contributed by atoms with Crippen LogP contribution in [0.2, 0.25) is 0 Å². The van der Waals surface area contributed by atoms with Gasteiger partial charge in [-0.2, -0.15) is 5.10 Å². The van der Waals surface area contributed by atoms with Crippen LogP contribution in [0, 0.1) is 6.92 Å². The van der Waals surface area contributed by atoms with Gasteiger partial charge >= 0.3 is 5.97 Å². The van der Waals surface area contributed by atoms with E-state index in [1.165, 1.54) is 18.0 Å². The molecule has 6 nitrogen and oxygen atoms in total. The van der Waals surface area contributed by atoms with Gasteiger partial charge in [-0.15, -0.1) is 0 Å². The molecule has 2 N–H and O–H groups in total. The Balaban J connectivity index is 2.36. The molecule has 20 heavy (non-hydrogen) atoms. The first-order valence-electron chi connectivity index (χ1n) is 6.12. The molecule has 0 aliphatic heterocycles. The van der Waals surface area contributed by atoms with Crippen molar-refractivity contribution in [3.63, 3.8) is 0 Å². The molecule has 0 bridgehead atoms. The lowest BCUT2D eigenvalue weighted by molar-refractivity contribution is 0.0521. The van der Waals surface area contributed by atoms with Gasteiger partial charge < -0.3 is 10.5 Å². The van der Waals surface area contributed by atoms with E-state index in [9.17, 15) is 4.79 Å². The smallest absolute Gasteiger partial charge is 0.340 e. The van der Waals surface area contributed by atoms with Gasteiger partial charge in [0.1, 0.15) is 10.1 Å². The average molecular weight is 292 g/mol. The predicted octanol–water partition coefficient (Wildman–Crippen LogP) is 2.03. The van der Waals surface area contributed by atoms with Crippen LogP contribution in [0.4, 0.5) is 5.69 Å². The summed E-state index contributed by atoms with van der Waals surface area (Å²) >= 11 is 1.36. The van der Waals surface area contributed by atoms with Gasteiger partial charge in [0.05, 0.1) is 29.7 Å². The maximum absolute atomic E-state index is 11.9. The number of pyridine rings is 1. The number of aromatic nitrogens is 3. The molecule has 0 aliphatic rings. The number of hydrogen-bond donors (Lipinski definition) is 1. The number of carbonyl (C=O) groups excluding carboxylic acids is 1. The highest BCUT2D eigenvalue weighted by Gasteiger charge is 2.17. The molecule has 0 amide bonds. The molecule has 0 radical (unpaired) electrons. The van der Waals surface area contributed by atoms with Crippen LogP contribution in [0.25, 0.3) is 0 Å². The number of nitrogens with two attached hydrogens (primary N) is 1. The molecule has 2 aromatic heterocycles. The Morgan fingerprint density at radius 2 is 2.25 bits per heavy atom. The molecule has 0 aliphatic carbocycles. The zero-order valence-electron chi connectivity index (χ0n) is 11.6. The summed E-state index contributed by atoms with van der Waals surface area (Å²) < 4.78 is 6.77. The Labute approximate surface area is 121 Å². The fourth-order valence-corrected chi connectivity index (χ4v) is 2.64. The molecule has 0 spiro atoms. The van der Waals surface area contributed by atoms with Crippen molar-refractivity contribution in [2.75, 3.05) is 12.3 Å². The summed E-state index contributed by atoms with van der Waals surface area (Å²) in [5.74, 6) is -0.423. The summed E-state index contributed by atoms with van der Waals surface area (Å²) in [6, 6.07) is 3.51. The Morgan fingerprint density at radius 3 is 2.85 bits per heavy atom. The fraction of sp³-hybridized carbons (Fsp3) is 0.308. The molecule has 0 unspecified atom stereocenters. The van der Waals surface area contributed by atoms with Crippen LogP contribution in [-0.2, 0) is 11.8 Å². The number of aryl methyl sites for hydroxylation is 2. The number of esters is 1. The van der Waals surface area contributed by atoms with Gasteiger partial charge in [-0.3, -0.25) is 4.68 Å². The standard InChI is InChI=1S/C13H16N4O2S/c1-4-19-13(18)10-6-9(14)7-15-12(10)20-11-5-8(2)16-17(11)3/h5-7H,4,14H2,1-3H3. The second kappa shape index (κ2) is 5.96. The van der Waals surface area contributed by atoms with Crippen LogP contribution in [0.5, 0.6) is 0 Å². The van der Waals surface area contributed by atoms with E-state index >= 15 is 0 Å². The first-order chi connectivity index (χ1) is 9.51. The zero-order chi connectivity index (χ0) is 14.7. The molecule has 2 rings (SSSR count). The number of ether oxygens (including phenoxy) is 1. The summed E-state index contributed by atoms with van der Waals surface area (Å²) in [7, 11) is 1.84. The first kappa shape index (κ1) is 14.4. The van der Waals surface area contributed by atoms with Crippen molar-refractivity contribution < 1.29 is 9.53 Å². The predicted molar refractivity (Wildman–Crippen MR) is 76.7 cm³/mol. The number of nitrogens with zero attached hydrogens (tertiary/aromatic N) is 3. The van der Waals surface area contributed by atoms with Gasteiger partial charge in [-0.1, -0.05) is 0 Å². The minimum atomic E-state index is -0.423. The largest absolute Gasteiger partial charge is 0.462 e. The quantitative estimate of drug-likeness (QED) is 0.868. The fourth-order valence-electron chi connectivity index (χ4n) is 1.69. The van der Waals surface area contributed by atoms with Gasteiger partial charge in [0.25, 0.3) is 0 Å². The molecule has 0 saturated heterocycles. The molecule has 0 fully saturated rings. The molecule has 2 aromatic rings. The van der Waals surface area contributed by atoms with Crippen molar-refractivity contribution in [2.45, 2.75) is 23.9 Å². The van der Waals surface area contributed by atoms with E-state index < -0.39 is 5.97 Å². The number of anilines is 1. The van der Waals surface area contributed by atoms with Crippen molar-refractivity contribution >= 4 is 23.4 Å². The van der Waals surface area contributed by atoms with Crippen LogP contribution in [0.15, 0.2) is 28.4 Å². The lowest BCUT2D eigenvalue weighted by Gasteiger charge is -2.08. The van der Waals surface area contributed by atoms with Gasteiger partial charge in [-0.25, -0.2) is 9.78 Å². The second-order valence-electron chi connectivity index (χ2n) is 4.19. The van der Waals surface area contributed by atoms with Gasteiger partial charge in [0.2, 0.25) is 0 Å². The van der Waals surface area contributed by atoms with Crippen molar-refractivity contribution in [3.8, 4) is 0 Å². The van der Waals surface area contributed by atoms with E-state index in [0.29, 0.717) is 22.9 Å². The molecule has 2 heterocycles. The van der Waals surface area contributed by atoms with Crippen LogP contribution in [-0.4, -0.2) is 27.3 Å². The number of nitrogen functional groups attached to an aromatic ring is 1. The number of carbonyl (C=O) groups is 1. The molecular weight excluding hydrogens is 276 g/mol. The minimum Gasteiger partial charge on any atom is -0.462 e. The highest BCUT2D eigenvalue weighted by atomic mass is 32.2. The Hall–Kier alpha value is -2.02. The summed E-state index contributed by atoms with van der Waals surface area (Å²) in [6.07, 6.45) is 1.52. The van der Waals surface area contributed by atoms with E-state index in [2.05, 4.69) is 10.1 Å². The Bertz CT molecular complexity index is 639. The SMILES string of the molecule is CCOC(=O)c1cc(N)cnc1Sc1cc(C)nn1C. The minimum absolute atomic E-state index is 0.308. The Kier molecular flexibility index (Phi) is 4.29. The van der Waals surface area contributed by atoms with Gasteiger partial charge in [0, 0.05) is 7.05 Å². The van der Waals surface area contributed by atoms with Crippen LogP contribution < -0.4 is 5.73 Å². The van der Waals surface area contributed by atoms with Crippen LogP contribution in [0.3, 0.4) is 0 Å². The maximum atomic E-state index is 11.9. The van der Waals surface area contributed by atoms with Crippen molar-refractivity contribution in [3.05, 3.63) is 29.6 Å². The highest BCUT2D eigenvalue weighted by molar-refractivity contribution is 7.99. The molecule has 7 heteroatoms. The van der Waals surface area contributed by atoms with Gasteiger partial charge in [0.15, 0.2) is 0 Å². The summed E-state index contributed by atoms with van der Waals surface area (Å²) in [5.41, 5.74) is 7.40. The third-order valence-corrected chi connectivity index (χ3v) is 3.64. The zero-order valence-corrected chi connectivity index (χ0v) is 12.4. The molecule has 0 aromatic carbocycles. The second-order valence-corrected chi connectivity index (χ2v) is 5.20. The third kappa shape index (κ3) is 3.11. The summed E-state index contributed by atoms with van der Waals surface area (Å²) in [5, 5.41) is 5.71. The maximum Gasteiger partial charge on any atom is 0.340 e. The summed E-state index contributed by atoms with van der Waals surface area (Å²) in [4.78, 5) is 16.2. The lowest BCUT2D eigenvalue weighted by atomic mass is 10.3. The van der Waals surface area contributed by atoms with E-state index in [0.717, 1.165) is 10.7 Å². The third-order valence-electron chi connectivity index (χ3n) is 2.53. The van der Waals surface area contributed by atoms with Crippen molar-refractivity contribution in [2.24, 2.45) is 7.05 Å². The van der Waals surface area contributed by atoms with E-state index in [-0.39, 0.29) is 0 Å². The van der Waals surface area contributed by atoms with Crippen molar-refractivity contribution in [1.82, 2.24) is 14.8 Å². The monoisotopic (exact) mass is 292 g/mol. The van der Waals surface area contributed by atoms with Crippen LogP contribution >= 0.6 is 11.8 Å². The number of rotatable bonds is 4. The molecular formula is C13H16N4O2S. The molecule has 0 atom stereocenters. The van der Waals surface area contributed by atoms with E-state index in [1.54, 1.807) is 17.7 Å². The molecule has 0 saturated carbocycles. The average Bonchev–Trinajstić information content (AvgIpc) is 2.70. The first-order valence-corrected chi connectivity index (χ1v) is 6.94. The summed E-state index contributed by atoms with van der Waals surface area (Å²) in [6.45, 7) is 3.98. The number of hydrogen-bond acceptors (Lipinski definition) is 6. The lowest BCUT2D eigenvalue weighted by Crippen LogP contribution is -2.08. The normalized spacial score (nSPS) is 10.6. The van der Waals surface area contributed by atoms with Gasteiger partial charge in [-0.05, 0) is 37.7 Å². The Morgan fingerprint density at radius 1 is 1.50 bits per heavy atom. The van der Waals surface area contributed by atoms with Crippen molar-refractivity contribution in [1.29, 1.82) is 0 Å². The topological polar surface area (TPSA) is 83.0 Å². The van der Waals surface area contributed by atoms with Crippen LogP contribution in [0.1, 0.15) is 23.0 Å². The van der Waals surface area contributed by atoms with E-state index in [1.807, 2.05) is 20.0 Å². The highest BCUT2D eigenvalue weighted by Crippen LogP contribution is 2.30. The van der Waals surface area contributed by atoms with E-state index in [4.69, 9.17) is 10.5 Å².